The molecule has 1 amide bonds. The minimum atomic E-state index is -0.0405. The van der Waals surface area contributed by atoms with Gasteiger partial charge in [0.05, 0.1) is 5.56 Å². The molecule has 0 bridgehead atoms. The number of anilines is 1. The summed E-state index contributed by atoms with van der Waals surface area (Å²) in [7, 11) is 0. The third-order valence-electron chi connectivity index (χ3n) is 3.88. The topological polar surface area (TPSA) is 57.3 Å². The summed E-state index contributed by atoms with van der Waals surface area (Å²) in [6.45, 7) is 7.94. The summed E-state index contributed by atoms with van der Waals surface area (Å²) < 4.78 is 0. The minimum absolute atomic E-state index is 0.0405. The van der Waals surface area contributed by atoms with Crippen LogP contribution in [0.3, 0.4) is 0 Å². The number of amides is 1. The molecule has 0 aromatic carbocycles. The third kappa shape index (κ3) is 4.43. The molecule has 0 radical (unpaired) electrons. The van der Waals surface area contributed by atoms with Crippen LogP contribution in [0, 0.1) is 0 Å². The van der Waals surface area contributed by atoms with Crippen molar-refractivity contribution in [3.8, 4) is 0 Å². The van der Waals surface area contributed by atoms with Crippen LogP contribution in [0.1, 0.15) is 43.5 Å². The quantitative estimate of drug-likeness (QED) is 0.804. The van der Waals surface area contributed by atoms with Gasteiger partial charge in [0.25, 0.3) is 5.91 Å². The van der Waals surface area contributed by atoms with E-state index in [1.807, 2.05) is 12.1 Å². The monoisotopic (exact) mass is 290 g/mol. The zero-order valence-electron chi connectivity index (χ0n) is 13.1. The van der Waals surface area contributed by atoms with Crippen LogP contribution in [0.25, 0.3) is 0 Å². The summed E-state index contributed by atoms with van der Waals surface area (Å²) in [5.74, 6) is 0.898. The molecule has 1 unspecified atom stereocenters. The largest absolute Gasteiger partial charge is 0.357 e. The molecule has 1 fully saturated rings. The molecule has 1 aliphatic rings. The van der Waals surface area contributed by atoms with Crippen molar-refractivity contribution >= 4 is 11.7 Å². The second-order valence-electron chi connectivity index (χ2n) is 5.49. The van der Waals surface area contributed by atoms with E-state index in [0.29, 0.717) is 18.2 Å². The van der Waals surface area contributed by atoms with Crippen LogP contribution in [0.5, 0.6) is 0 Å². The minimum Gasteiger partial charge on any atom is -0.357 e. The molecule has 21 heavy (non-hydrogen) atoms. The van der Waals surface area contributed by atoms with Crippen LogP contribution in [0.2, 0.25) is 0 Å². The Hall–Kier alpha value is -1.62. The van der Waals surface area contributed by atoms with Gasteiger partial charge in [-0.3, -0.25) is 4.79 Å². The first kappa shape index (κ1) is 15.8. The fraction of sp³-hybridized carbons (Fsp3) is 0.625. The molecule has 1 aromatic rings. The van der Waals surface area contributed by atoms with Crippen molar-refractivity contribution in [2.45, 2.75) is 39.2 Å². The van der Waals surface area contributed by atoms with Crippen LogP contribution in [-0.4, -0.2) is 43.1 Å². The van der Waals surface area contributed by atoms with E-state index in [-0.39, 0.29) is 5.91 Å². The van der Waals surface area contributed by atoms with E-state index in [1.165, 1.54) is 6.42 Å². The predicted molar refractivity (Wildman–Crippen MR) is 85.8 cm³/mol. The van der Waals surface area contributed by atoms with Gasteiger partial charge < -0.3 is 15.5 Å². The SMILES string of the molecule is CCCN(CC)c1ccc(C(=O)NCC2CCCN2)cn1. The van der Waals surface area contributed by atoms with E-state index in [2.05, 4.69) is 34.4 Å². The molecule has 116 valence electrons. The standard InChI is InChI=1S/C16H26N4O/c1-3-10-20(4-2)15-8-7-13(11-18-15)16(21)19-12-14-6-5-9-17-14/h7-8,11,14,17H,3-6,9-10,12H2,1-2H3,(H,19,21). The van der Waals surface area contributed by atoms with Gasteiger partial charge in [0, 0.05) is 31.9 Å². The predicted octanol–water partition coefficient (Wildman–Crippen LogP) is 1.80. The molecule has 0 saturated carbocycles. The molecule has 1 aliphatic heterocycles. The number of aromatic nitrogens is 1. The molecule has 1 atom stereocenters. The summed E-state index contributed by atoms with van der Waals surface area (Å²) >= 11 is 0. The maximum absolute atomic E-state index is 12.1. The van der Waals surface area contributed by atoms with Gasteiger partial charge in [0.15, 0.2) is 0 Å². The highest BCUT2D eigenvalue weighted by Gasteiger charge is 2.15. The number of nitrogens with zero attached hydrogens (tertiary/aromatic N) is 2. The molecule has 2 rings (SSSR count). The Balaban J connectivity index is 1.89. The van der Waals surface area contributed by atoms with Gasteiger partial charge in [-0.1, -0.05) is 6.92 Å². The Morgan fingerprint density at radius 3 is 2.90 bits per heavy atom. The Morgan fingerprint density at radius 2 is 2.33 bits per heavy atom. The molecule has 2 heterocycles. The van der Waals surface area contributed by atoms with Gasteiger partial charge in [-0.15, -0.1) is 0 Å². The van der Waals surface area contributed by atoms with Crippen LogP contribution in [0.15, 0.2) is 18.3 Å². The highest BCUT2D eigenvalue weighted by molar-refractivity contribution is 5.94. The van der Waals surface area contributed by atoms with Gasteiger partial charge in [-0.2, -0.15) is 0 Å². The van der Waals surface area contributed by atoms with Gasteiger partial charge in [-0.25, -0.2) is 4.98 Å². The van der Waals surface area contributed by atoms with Gasteiger partial charge in [0.2, 0.25) is 0 Å². The van der Waals surface area contributed by atoms with E-state index >= 15 is 0 Å². The number of pyridine rings is 1. The number of rotatable bonds is 7. The van der Waals surface area contributed by atoms with Crippen LogP contribution >= 0.6 is 0 Å². The van der Waals surface area contributed by atoms with Crippen molar-refractivity contribution in [3.63, 3.8) is 0 Å². The smallest absolute Gasteiger partial charge is 0.252 e. The molecule has 5 heteroatoms. The maximum Gasteiger partial charge on any atom is 0.252 e. The number of nitrogens with one attached hydrogen (secondary N) is 2. The normalized spacial score (nSPS) is 17.7. The summed E-state index contributed by atoms with van der Waals surface area (Å²) in [6.07, 6.45) is 5.10. The van der Waals surface area contributed by atoms with Crippen molar-refractivity contribution < 1.29 is 4.79 Å². The number of hydrogen-bond donors (Lipinski definition) is 2. The summed E-state index contributed by atoms with van der Waals surface area (Å²) in [5, 5.41) is 6.35. The number of carbonyl (C=O) groups excluding carboxylic acids is 1. The average molecular weight is 290 g/mol. The third-order valence-corrected chi connectivity index (χ3v) is 3.88. The lowest BCUT2D eigenvalue weighted by Crippen LogP contribution is -2.37. The fourth-order valence-corrected chi connectivity index (χ4v) is 2.66. The Kier molecular flexibility index (Phi) is 5.99. The Morgan fingerprint density at radius 1 is 1.48 bits per heavy atom. The highest BCUT2D eigenvalue weighted by atomic mass is 16.1. The second kappa shape index (κ2) is 7.98. The summed E-state index contributed by atoms with van der Waals surface area (Å²) in [5.41, 5.74) is 0.629. The van der Waals surface area contributed by atoms with Crippen molar-refractivity contribution in [3.05, 3.63) is 23.9 Å². The first-order valence-corrected chi connectivity index (χ1v) is 7.97. The summed E-state index contributed by atoms with van der Waals surface area (Å²) in [6, 6.07) is 4.21. The molecule has 0 aliphatic carbocycles. The van der Waals surface area contributed by atoms with Crippen LogP contribution in [-0.2, 0) is 0 Å². The molecule has 5 nitrogen and oxygen atoms in total. The highest BCUT2D eigenvalue weighted by Crippen LogP contribution is 2.12. The maximum atomic E-state index is 12.1. The van der Waals surface area contributed by atoms with E-state index in [9.17, 15) is 4.79 Å². The Labute approximate surface area is 127 Å². The van der Waals surface area contributed by atoms with Gasteiger partial charge in [-0.05, 0) is 44.9 Å². The van der Waals surface area contributed by atoms with Crippen molar-refractivity contribution in [2.24, 2.45) is 0 Å². The first-order chi connectivity index (χ1) is 10.2. The van der Waals surface area contributed by atoms with Crippen LogP contribution < -0.4 is 15.5 Å². The van der Waals surface area contributed by atoms with Crippen molar-refractivity contribution in [2.75, 3.05) is 31.1 Å². The first-order valence-electron chi connectivity index (χ1n) is 7.97. The van der Waals surface area contributed by atoms with E-state index in [1.54, 1.807) is 6.20 Å². The van der Waals surface area contributed by atoms with E-state index in [0.717, 1.165) is 38.3 Å². The van der Waals surface area contributed by atoms with Crippen LogP contribution in [0.4, 0.5) is 5.82 Å². The lowest BCUT2D eigenvalue weighted by molar-refractivity contribution is 0.0950. The molecule has 2 N–H and O–H groups in total. The lowest BCUT2D eigenvalue weighted by Gasteiger charge is -2.21. The van der Waals surface area contributed by atoms with E-state index < -0.39 is 0 Å². The molecule has 0 spiro atoms. The van der Waals surface area contributed by atoms with Crippen molar-refractivity contribution in [1.82, 2.24) is 15.6 Å². The van der Waals surface area contributed by atoms with Gasteiger partial charge in [0.1, 0.15) is 5.82 Å². The van der Waals surface area contributed by atoms with E-state index in [4.69, 9.17) is 0 Å². The second-order valence-corrected chi connectivity index (χ2v) is 5.49. The zero-order chi connectivity index (χ0) is 15.1. The zero-order valence-corrected chi connectivity index (χ0v) is 13.1. The molecule has 1 saturated heterocycles. The number of carbonyl (C=O) groups is 1. The fourth-order valence-electron chi connectivity index (χ4n) is 2.66. The van der Waals surface area contributed by atoms with Crippen molar-refractivity contribution in [1.29, 1.82) is 0 Å². The molecular weight excluding hydrogens is 264 g/mol. The molecular formula is C16H26N4O. The van der Waals surface area contributed by atoms with Gasteiger partial charge >= 0.3 is 0 Å². The molecule has 1 aromatic heterocycles. The Bertz CT molecular complexity index is 440. The number of hydrogen-bond acceptors (Lipinski definition) is 4. The average Bonchev–Trinajstić information content (AvgIpc) is 3.04. The lowest BCUT2D eigenvalue weighted by atomic mass is 10.2. The summed E-state index contributed by atoms with van der Waals surface area (Å²) in [4.78, 5) is 18.7.